The zero-order chi connectivity index (χ0) is 22.9. The first-order valence-corrected chi connectivity index (χ1v) is 11.8. The van der Waals surface area contributed by atoms with Crippen LogP contribution in [0.2, 0.25) is 5.02 Å². The molecular formula is C25H21ClN4O2S. The van der Waals surface area contributed by atoms with Gasteiger partial charge >= 0.3 is 5.97 Å². The first-order chi connectivity index (χ1) is 16.1. The molecule has 3 aromatic rings. The van der Waals surface area contributed by atoms with Crippen LogP contribution in [0.4, 0.5) is 0 Å². The van der Waals surface area contributed by atoms with Crippen LogP contribution in [0.3, 0.4) is 0 Å². The Morgan fingerprint density at radius 3 is 2.64 bits per heavy atom. The quantitative estimate of drug-likeness (QED) is 0.455. The van der Waals surface area contributed by atoms with Crippen molar-refractivity contribution in [2.45, 2.75) is 19.9 Å². The van der Waals surface area contributed by atoms with Crippen LogP contribution in [-0.4, -0.2) is 32.8 Å². The summed E-state index contributed by atoms with van der Waals surface area (Å²) in [5, 5.41) is 11.0. The largest absolute Gasteiger partial charge is 0.463 e. The van der Waals surface area contributed by atoms with Gasteiger partial charge in [0, 0.05) is 16.0 Å². The number of carbonyl (C=O) groups is 1. The van der Waals surface area contributed by atoms with Gasteiger partial charge in [0.2, 0.25) is 0 Å². The number of hydrogen-bond acceptors (Lipinski definition) is 6. The van der Waals surface area contributed by atoms with Crippen molar-refractivity contribution in [1.29, 1.82) is 0 Å². The van der Waals surface area contributed by atoms with Crippen molar-refractivity contribution in [3.8, 4) is 11.3 Å². The predicted molar refractivity (Wildman–Crippen MR) is 132 cm³/mol. The van der Waals surface area contributed by atoms with Crippen molar-refractivity contribution in [3.63, 3.8) is 0 Å². The molecule has 0 aliphatic carbocycles. The van der Waals surface area contributed by atoms with E-state index in [2.05, 4.69) is 32.6 Å². The summed E-state index contributed by atoms with van der Waals surface area (Å²) in [6, 6.07) is 17.2. The van der Waals surface area contributed by atoms with Gasteiger partial charge in [0.05, 0.1) is 41.5 Å². The number of benzene rings is 2. The SMILES string of the molecule is CCOC(=O)C1=C(C)N=C2SC=C(c3ccccc3)N2[C@H]1c1cn[nH]c1-c1ccc(Cl)cc1. The molecule has 2 aliphatic rings. The van der Waals surface area contributed by atoms with Crippen LogP contribution in [0.5, 0.6) is 0 Å². The molecule has 1 atom stereocenters. The lowest BCUT2D eigenvalue weighted by atomic mass is 9.92. The van der Waals surface area contributed by atoms with Crippen LogP contribution in [-0.2, 0) is 9.53 Å². The average molecular weight is 477 g/mol. The maximum atomic E-state index is 13.2. The first-order valence-electron chi connectivity index (χ1n) is 10.6. The summed E-state index contributed by atoms with van der Waals surface area (Å²) < 4.78 is 5.46. The molecule has 1 aromatic heterocycles. The third-order valence-corrected chi connectivity index (χ3v) is 6.68. The fourth-order valence-electron chi connectivity index (χ4n) is 4.11. The number of allylic oxidation sites excluding steroid dienone is 1. The molecule has 0 unspecified atom stereocenters. The number of aromatic amines is 1. The van der Waals surface area contributed by atoms with Crippen LogP contribution in [0, 0.1) is 0 Å². The van der Waals surface area contributed by atoms with Gasteiger partial charge in [-0.05, 0) is 37.1 Å². The minimum Gasteiger partial charge on any atom is -0.463 e. The highest BCUT2D eigenvalue weighted by Crippen LogP contribution is 2.48. The minimum absolute atomic E-state index is 0.282. The smallest absolute Gasteiger partial charge is 0.338 e. The van der Waals surface area contributed by atoms with Gasteiger partial charge in [-0.1, -0.05) is 65.8 Å². The Morgan fingerprint density at radius 2 is 1.91 bits per heavy atom. The summed E-state index contributed by atoms with van der Waals surface area (Å²) in [5.41, 5.74) is 5.76. The molecule has 0 fully saturated rings. The third-order valence-electron chi connectivity index (χ3n) is 5.59. The Morgan fingerprint density at radius 1 is 1.15 bits per heavy atom. The van der Waals surface area contributed by atoms with Crippen LogP contribution in [0.15, 0.2) is 82.5 Å². The fourth-order valence-corrected chi connectivity index (χ4v) is 5.21. The van der Waals surface area contributed by atoms with E-state index in [0.717, 1.165) is 33.2 Å². The van der Waals surface area contributed by atoms with Crippen LogP contribution in [0.1, 0.15) is 31.0 Å². The molecule has 0 amide bonds. The van der Waals surface area contributed by atoms with Crippen LogP contribution >= 0.6 is 23.4 Å². The zero-order valence-electron chi connectivity index (χ0n) is 18.1. The number of aliphatic imine (C=N–C) groups is 1. The molecule has 33 heavy (non-hydrogen) atoms. The topological polar surface area (TPSA) is 70.6 Å². The normalized spacial score (nSPS) is 17.5. The molecule has 0 bridgehead atoms. The second kappa shape index (κ2) is 8.92. The van der Waals surface area contributed by atoms with E-state index in [4.69, 9.17) is 21.3 Å². The number of thioether (sulfide) groups is 1. The Bertz CT molecular complexity index is 1300. The number of esters is 1. The molecule has 0 saturated heterocycles. The molecule has 5 rings (SSSR count). The summed E-state index contributed by atoms with van der Waals surface area (Å²) in [6.07, 6.45) is 1.77. The number of nitrogens with zero attached hydrogens (tertiary/aromatic N) is 3. The highest BCUT2D eigenvalue weighted by atomic mass is 35.5. The average Bonchev–Trinajstić information content (AvgIpc) is 3.47. The standard InChI is InChI=1S/C25H21ClN4O2S/c1-3-32-24(31)21-15(2)28-25-30(20(14-33-25)16-7-5-4-6-8-16)23(21)19-13-27-29-22(19)17-9-11-18(26)12-10-17/h4-14,23H,3H2,1-2H3,(H,27,29)/t23-/m0/s1. The van der Waals surface area contributed by atoms with E-state index in [1.54, 1.807) is 24.9 Å². The number of ether oxygens (including phenoxy) is 1. The van der Waals surface area contributed by atoms with E-state index in [0.29, 0.717) is 16.3 Å². The second-order valence-corrected chi connectivity index (χ2v) is 8.85. The highest BCUT2D eigenvalue weighted by molar-refractivity contribution is 8.16. The van der Waals surface area contributed by atoms with Gasteiger partial charge in [0.25, 0.3) is 0 Å². The van der Waals surface area contributed by atoms with Crippen LogP contribution in [0.25, 0.3) is 17.0 Å². The van der Waals surface area contributed by atoms with Gasteiger partial charge in [0.15, 0.2) is 5.17 Å². The van der Waals surface area contributed by atoms with E-state index < -0.39 is 6.04 Å². The number of nitrogens with one attached hydrogen (secondary N) is 1. The third kappa shape index (κ3) is 3.87. The molecule has 0 spiro atoms. The number of carbonyl (C=O) groups excluding carboxylic acids is 1. The molecule has 0 radical (unpaired) electrons. The van der Waals surface area contributed by atoms with Crippen molar-refractivity contribution in [2.24, 2.45) is 4.99 Å². The summed E-state index contributed by atoms with van der Waals surface area (Å²) in [7, 11) is 0. The van der Waals surface area contributed by atoms with Gasteiger partial charge in [-0.2, -0.15) is 5.10 Å². The molecule has 2 aromatic carbocycles. The van der Waals surface area contributed by atoms with Gasteiger partial charge in [-0.15, -0.1) is 0 Å². The number of fused-ring (bicyclic) bond motifs is 1. The number of hydrogen-bond donors (Lipinski definition) is 1. The first kappa shape index (κ1) is 21.6. The fraction of sp³-hybridized carbons (Fsp3) is 0.160. The van der Waals surface area contributed by atoms with E-state index in [1.807, 2.05) is 49.4 Å². The summed E-state index contributed by atoms with van der Waals surface area (Å²) in [6.45, 7) is 3.94. The minimum atomic E-state index is -0.456. The summed E-state index contributed by atoms with van der Waals surface area (Å²) >= 11 is 7.66. The highest BCUT2D eigenvalue weighted by Gasteiger charge is 2.42. The van der Waals surface area contributed by atoms with E-state index in [9.17, 15) is 4.79 Å². The van der Waals surface area contributed by atoms with Crippen molar-refractivity contribution >= 4 is 40.2 Å². The molecule has 8 heteroatoms. The molecule has 2 aliphatic heterocycles. The van der Waals surface area contributed by atoms with Crippen LogP contribution < -0.4 is 0 Å². The van der Waals surface area contributed by atoms with Gasteiger partial charge in [-0.25, -0.2) is 9.79 Å². The van der Waals surface area contributed by atoms with E-state index in [1.165, 1.54) is 0 Å². The maximum Gasteiger partial charge on any atom is 0.338 e. The number of aromatic nitrogens is 2. The molecule has 3 heterocycles. The Labute approximate surface area is 201 Å². The monoisotopic (exact) mass is 476 g/mol. The zero-order valence-corrected chi connectivity index (χ0v) is 19.7. The van der Waals surface area contributed by atoms with Gasteiger partial charge in [-0.3, -0.25) is 5.10 Å². The Kier molecular flexibility index (Phi) is 5.83. The Hall–Kier alpha value is -3.29. The van der Waals surface area contributed by atoms with Crippen molar-refractivity contribution in [3.05, 3.63) is 93.6 Å². The number of amidine groups is 1. The summed E-state index contributed by atoms with van der Waals surface area (Å²) in [5.74, 6) is -0.379. The predicted octanol–water partition coefficient (Wildman–Crippen LogP) is 6.03. The van der Waals surface area contributed by atoms with E-state index in [-0.39, 0.29) is 12.6 Å². The van der Waals surface area contributed by atoms with Gasteiger partial charge < -0.3 is 9.64 Å². The molecule has 166 valence electrons. The molecule has 6 nitrogen and oxygen atoms in total. The lowest BCUT2D eigenvalue weighted by molar-refractivity contribution is -0.139. The maximum absolute atomic E-state index is 13.2. The van der Waals surface area contributed by atoms with Crippen molar-refractivity contribution in [1.82, 2.24) is 15.1 Å². The number of H-pyrrole nitrogens is 1. The summed E-state index contributed by atoms with van der Waals surface area (Å²) in [4.78, 5) is 20.1. The van der Waals surface area contributed by atoms with E-state index >= 15 is 0 Å². The van der Waals surface area contributed by atoms with Crippen molar-refractivity contribution in [2.75, 3.05) is 6.61 Å². The molecule has 1 N–H and O–H groups in total. The van der Waals surface area contributed by atoms with Gasteiger partial charge in [0.1, 0.15) is 0 Å². The number of halogens is 1. The van der Waals surface area contributed by atoms with Crippen molar-refractivity contribution < 1.29 is 9.53 Å². The molecule has 0 saturated carbocycles. The molecular weight excluding hydrogens is 456 g/mol. The lowest BCUT2D eigenvalue weighted by Crippen LogP contribution is -2.36. The number of rotatable bonds is 5. The lowest BCUT2D eigenvalue weighted by Gasteiger charge is -2.36. The second-order valence-electron chi connectivity index (χ2n) is 7.58. The Balaban J connectivity index is 1.69.